The number of H-pyrrole nitrogens is 1. The summed E-state index contributed by atoms with van der Waals surface area (Å²) in [7, 11) is 0. The quantitative estimate of drug-likeness (QED) is 0.350. The number of nitrogens with two attached hydrogens (primary N) is 1. The van der Waals surface area contributed by atoms with E-state index in [1.54, 1.807) is 48.5 Å². The number of amides is 3. The van der Waals surface area contributed by atoms with E-state index in [0.717, 1.165) is 0 Å². The van der Waals surface area contributed by atoms with Crippen LogP contribution in [0.25, 0.3) is 10.9 Å². The molecular weight excluding hydrogens is 387 g/mol. The first-order valence-corrected chi connectivity index (χ1v) is 8.97. The molecule has 4 aromatic rings. The molecule has 0 aliphatic heterocycles. The third kappa shape index (κ3) is 4.04. The molecule has 150 valence electrons. The molecule has 0 saturated heterocycles. The number of hydrogen-bond acceptors (Lipinski definition) is 4. The van der Waals surface area contributed by atoms with Crippen molar-refractivity contribution < 1.29 is 14.0 Å². The van der Waals surface area contributed by atoms with Crippen molar-refractivity contribution in [3.8, 4) is 0 Å². The number of aromatic nitrogens is 2. The minimum Gasteiger partial charge on any atom is -0.382 e. The summed E-state index contributed by atoms with van der Waals surface area (Å²) < 4.78 is 13.2. The van der Waals surface area contributed by atoms with Gasteiger partial charge in [0.15, 0.2) is 5.82 Å². The topological polar surface area (TPSA) is 125 Å². The molecule has 0 bridgehead atoms. The molecule has 0 spiro atoms. The molecule has 1 aromatic heterocycles. The number of benzene rings is 3. The number of nitrogens with zero attached hydrogens (tertiary/aromatic N) is 1. The average molecular weight is 404 g/mol. The van der Waals surface area contributed by atoms with Gasteiger partial charge in [0, 0.05) is 17.1 Å². The lowest BCUT2D eigenvalue weighted by Crippen LogP contribution is -2.19. The van der Waals surface area contributed by atoms with Crippen molar-refractivity contribution in [1.82, 2.24) is 10.2 Å². The van der Waals surface area contributed by atoms with Crippen LogP contribution in [-0.4, -0.2) is 22.1 Å². The Labute approximate surface area is 170 Å². The molecule has 1 heterocycles. The number of nitrogen functional groups attached to an aromatic ring is 1. The van der Waals surface area contributed by atoms with Crippen LogP contribution in [0, 0.1) is 5.82 Å². The van der Waals surface area contributed by atoms with Crippen molar-refractivity contribution in [2.75, 3.05) is 21.7 Å². The largest absolute Gasteiger partial charge is 0.382 e. The van der Waals surface area contributed by atoms with E-state index in [-0.39, 0.29) is 11.7 Å². The molecule has 0 fully saturated rings. The Bertz CT molecular complexity index is 1240. The fourth-order valence-electron chi connectivity index (χ4n) is 2.98. The normalized spacial score (nSPS) is 10.6. The number of carbonyl (C=O) groups is 2. The SMILES string of the molecule is Nc1n[nH]c2cccc(C(=O)Nc3ccc(NC(=O)Nc4cccc(F)c4)cc3)c12. The molecule has 9 heteroatoms. The molecule has 6 N–H and O–H groups in total. The number of nitrogens with one attached hydrogen (secondary N) is 4. The molecule has 0 aliphatic carbocycles. The Balaban J connectivity index is 1.41. The smallest absolute Gasteiger partial charge is 0.323 e. The van der Waals surface area contributed by atoms with Gasteiger partial charge < -0.3 is 21.7 Å². The van der Waals surface area contributed by atoms with Crippen LogP contribution in [0.3, 0.4) is 0 Å². The summed E-state index contributed by atoms with van der Waals surface area (Å²) in [5.74, 6) is -0.529. The van der Waals surface area contributed by atoms with Crippen LogP contribution >= 0.6 is 0 Å². The van der Waals surface area contributed by atoms with E-state index in [2.05, 4.69) is 26.1 Å². The van der Waals surface area contributed by atoms with Crippen molar-refractivity contribution in [1.29, 1.82) is 0 Å². The first-order chi connectivity index (χ1) is 14.5. The van der Waals surface area contributed by atoms with Gasteiger partial charge in [0.25, 0.3) is 5.91 Å². The van der Waals surface area contributed by atoms with Crippen LogP contribution in [0.1, 0.15) is 10.4 Å². The summed E-state index contributed by atoms with van der Waals surface area (Å²) in [6.45, 7) is 0. The van der Waals surface area contributed by atoms with Gasteiger partial charge in [-0.1, -0.05) is 12.1 Å². The van der Waals surface area contributed by atoms with E-state index >= 15 is 0 Å². The number of fused-ring (bicyclic) bond motifs is 1. The molecule has 0 saturated carbocycles. The van der Waals surface area contributed by atoms with Gasteiger partial charge in [0.2, 0.25) is 0 Å². The van der Waals surface area contributed by atoms with E-state index in [1.807, 2.05) is 0 Å². The van der Waals surface area contributed by atoms with Gasteiger partial charge in [-0.25, -0.2) is 9.18 Å². The number of carbonyl (C=O) groups excluding carboxylic acids is 2. The van der Waals surface area contributed by atoms with Crippen LogP contribution in [0.5, 0.6) is 0 Å². The number of hydrogen-bond donors (Lipinski definition) is 5. The van der Waals surface area contributed by atoms with Crippen molar-refractivity contribution in [2.45, 2.75) is 0 Å². The number of rotatable bonds is 4. The predicted octanol–water partition coefficient (Wildman–Crippen LogP) is 4.18. The molecule has 0 aliphatic rings. The Morgan fingerprint density at radius 2 is 1.53 bits per heavy atom. The lowest BCUT2D eigenvalue weighted by Gasteiger charge is -2.10. The van der Waals surface area contributed by atoms with Gasteiger partial charge in [-0.2, -0.15) is 5.10 Å². The summed E-state index contributed by atoms with van der Waals surface area (Å²) >= 11 is 0. The molecule has 8 nitrogen and oxygen atoms in total. The second-order valence-electron chi connectivity index (χ2n) is 6.46. The Morgan fingerprint density at radius 3 is 2.27 bits per heavy atom. The maximum atomic E-state index is 13.2. The van der Waals surface area contributed by atoms with Crippen LogP contribution < -0.4 is 21.7 Å². The van der Waals surface area contributed by atoms with E-state index in [1.165, 1.54) is 18.2 Å². The molecule has 30 heavy (non-hydrogen) atoms. The summed E-state index contributed by atoms with van der Waals surface area (Å²) in [5, 5.41) is 15.2. The number of aromatic amines is 1. The van der Waals surface area contributed by atoms with Crippen LogP contribution in [0.4, 0.5) is 32.1 Å². The zero-order valence-corrected chi connectivity index (χ0v) is 15.6. The van der Waals surface area contributed by atoms with Gasteiger partial charge in [-0.05, 0) is 54.6 Å². The summed E-state index contributed by atoms with van der Waals surface area (Å²) in [4.78, 5) is 24.7. The highest BCUT2D eigenvalue weighted by Crippen LogP contribution is 2.23. The van der Waals surface area contributed by atoms with E-state index in [0.29, 0.717) is 33.5 Å². The van der Waals surface area contributed by atoms with Crippen molar-refractivity contribution >= 4 is 45.7 Å². The minimum atomic E-state index is -0.514. The lowest BCUT2D eigenvalue weighted by molar-refractivity contribution is 0.102. The zero-order chi connectivity index (χ0) is 21.1. The maximum absolute atomic E-state index is 13.2. The molecule has 3 amide bonds. The fourth-order valence-corrected chi connectivity index (χ4v) is 2.98. The van der Waals surface area contributed by atoms with Gasteiger partial charge in [-0.15, -0.1) is 0 Å². The maximum Gasteiger partial charge on any atom is 0.323 e. The average Bonchev–Trinajstić information content (AvgIpc) is 3.10. The molecule has 0 unspecified atom stereocenters. The van der Waals surface area contributed by atoms with Gasteiger partial charge >= 0.3 is 6.03 Å². The minimum absolute atomic E-state index is 0.250. The van der Waals surface area contributed by atoms with E-state index in [9.17, 15) is 14.0 Å². The number of halogens is 1. The van der Waals surface area contributed by atoms with Gasteiger partial charge in [0.05, 0.1) is 16.5 Å². The highest BCUT2D eigenvalue weighted by Gasteiger charge is 2.14. The Morgan fingerprint density at radius 1 is 0.867 bits per heavy atom. The molecule has 3 aromatic carbocycles. The van der Waals surface area contributed by atoms with Crippen molar-refractivity contribution in [3.05, 3.63) is 78.1 Å². The second-order valence-corrected chi connectivity index (χ2v) is 6.46. The standard InChI is InChI=1S/C21H17FN6O2/c22-12-3-1-4-15(11-12)26-21(30)25-14-9-7-13(8-10-14)24-20(29)16-5-2-6-17-18(16)19(23)28-27-17/h1-11H,(H,24,29)(H3,23,27,28)(H2,25,26,30). The zero-order valence-electron chi connectivity index (χ0n) is 15.6. The van der Waals surface area contributed by atoms with Crippen LogP contribution in [0.15, 0.2) is 66.7 Å². The summed E-state index contributed by atoms with van der Waals surface area (Å²) in [6, 6.07) is 16.8. The summed E-state index contributed by atoms with van der Waals surface area (Å²) in [5.41, 5.74) is 8.29. The van der Waals surface area contributed by atoms with E-state index < -0.39 is 11.8 Å². The lowest BCUT2D eigenvalue weighted by atomic mass is 10.1. The Kier molecular flexibility index (Phi) is 5.00. The predicted molar refractivity (Wildman–Crippen MR) is 114 cm³/mol. The second kappa shape index (κ2) is 7.92. The van der Waals surface area contributed by atoms with E-state index in [4.69, 9.17) is 5.73 Å². The van der Waals surface area contributed by atoms with Crippen LogP contribution in [-0.2, 0) is 0 Å². The van der Waals surface area contributed by atoms with Crippen molar-refractivity contribution in [3.63, 3.8) is 0 Å². The third-order valence-electron chi connectivity index (χ3n) is 4.35. The number of anilines is 4. The highest BCUT2D eigenvalue weighted by atomic mass is 19.1. The molecule has 4 rings (SSSR count). The number of urea groups is 1. The first kappa shape index (κ1) is 18.9. The molecule has 0 atom stereocenters. The van der Waals surface area contributed by atoms with Gasteiger partial charge in [-0.3, -0.25) is 9.89 Å². The molecule has 0 radical (unpaired) electrons. The van der Waals surface area contributed by atoms with Crippen LogP contribution in [0.2, 0.25) is 0 Å². The first-order valence-electron chi connectivity index (χ1n) is 8.97. The van der Waals surface area contributed by atoms with Gasteiger partial charge in [0.1, 0.15) is 5.82 Å². The van der Waals surface area contributed by atoms with Crippen molar-refractivity contribution in [2.24, 2.45) is 0 Å². The highest BCUT2D eigenvalue weighted by molar-refractivity contribution is 6.15. The monoisotopic (exact) mass is 404 g/mol. The Hall–Kier alpha value is -4.40. The summed E-state index contributed by atoms with van der Waals surface area (Å²) in [6.07, 6.45) is 0. The fraction of sp³-hybridized carbons (Fsp3) is 0. The third-order valence-corrected chi connectivity index (χ3v) is 4.35. The molecular formula is C21H17FN6O2.